The molecule has 0 bridgehead atoms. The quantitative estimate of drug-likeness (QED) is 0.773. The summed E-state index contributed by atoms with van der Waals surface area (Å²) >= 11 is 0. The van der Waals surface area contributed by atoms with Gasteiger partial charge in [-0.05, 0) is 18.7 Å². The highest BCUT2D eigenvalue weighted by molar-refractivity contribution is 5.99. The molecule has 3 rings (SSSR count). The number of ketones is 1. The van der Waals surface area contributed by atoms with Crippen LogP contribution in [0.4, 0.5) is 5.82 Å². The number of anilines is 1. The minimum atomic E-state index is -0.615. The van der Waals surface area contributed by atoms with Crippen LogP contribution in [0.2, 0.25) is 0 Å². The maximum absolute atomic E-state index is 12.5. The van der Waals surface area contributed by atoms with E-state index in [2.05, 4.69) is 21.8 Å². The van der Waals surface area contributed by atoms with E-state index in [4.69, 9.17) is 11.5 Å². The van der Waals surface area contributed by atoms with Crippen LogP contribution in [0.25, 0.3) is 11.1 Å². The smallest absolute Gasteiger partial charge is 0.252 e. The molecule has 0 aliphatic carbocycles. The first-order valence-corrected chi connectivity index (χ1v) is 8.54. The number of benzene rings is 1. The van der Waals surface area contributed by atoms with E-state index < -0.39 is 5.91 Å². The third-order valence-electron chi connectivity index (χ3n) is 4.69. The number of rotatable bonds is 5. The molecule has 136 valence electrons. The van der Waals surface area contributed by atoms with Crippen LogP contribution in [-0.2, 0) is 0 Å². The van der Waals surface area contributed by atoms with Crippen LogP contribution in [0.3, 0.4) is 0 Å². The van der Waals surface area contributed by atoms with Gasteiger partial charge in [0, 0.05) is 43.5 Å². The van der Waals surface area contributed by atoms with Crippen molar-refractivity contribution in [3.63, 3.8) is 0 Å². The molecule has 1 aliphatic rings. The van der Waals surface area contributed by atoms with Crippen LogP contribution >= 0.6 is 0 Å². The standard InChI is InChI=1S/C19H23N5O2/c1-23-6-8-24(9-7-23)12-17(25)14-4-2-13(3-5-14)15-10-16(19(21)26)18(20)22-11-15/h2-5,10-11H,6-9,12H2,1H3,(H2,20,22)(H2,21,26). The van der Waals surface area contributed by atoms with Crippen LogP contribution in [0, 0.1) is 0 Å². The number of Topliss-reactive ketones (excluding diaryl/α,β-unsaturated/α-hetero) is 1. The van der Waals surface area contributed by atoms with E-state index in [0.717, 1.165) is 37.3 Å². The molecule has 1 aliphatic heterocycles. The number of nitrogens with two attached hydrogens (primary N) is 2. The summed E-state index contributed by atoms with van der Waals surface area (Å²) in [5, 5.41) is 0. The van der Waals surface area contributed by atoms with Gasteiger partial charge in [0.25, 0.3) is 5.91 Å². The van der Waals surface area contributed by atoms with Gasteiger partial charge in [-0.3, -0.25) is 14.5 Å². The van der Waals surface area contributed by atoms with E-state index in [1.54, 1.807) is 24.4 Å². The summed E-state index contributed by atoms with van der Waals surface area (Å²) in [6.07, 6.45) is 1.59. The van der Waals surface area contributed by atoms with E-state index in [0.29, 0.717) is 12.1 Å². The van der Waals surface area contributed by atoms with E-state index in [-0.39, 0.29) is 17.2 Å². The van der Waals surface area contributed by atoms with E-state index in [1.807, 2.05) is 12.1 Å². The third-order valence-corrected chi connectivity index (χ3v) is 4.69. The van der Waals surface area contributed by atoms with Crippen molar-refractivity contribution in [3.8, 4) is 11.1 Å². The molecule has 7 nitrogen and oxygen atoms in total. The molecule has 4 N–H and O–H groups in total. The maximum atomic E-state index is 12.5. The first-order valence-electron chi connectivity index (χ1n) is 8.54. The zero-order chi connectivity index (χ0) is 18.7. The Morgan fingerprint density at radius 2 is 1.73 bits per heavy atom. The Bertz CT molecular complexity index is 811. The minimum Gasteiger partial charge on any atom is -0.383 e. The Labute approximate surface area is 152 Å². The number of carbonyl (C=O) groups is 2. The summed E-state index contributed by atoms with van der Waals surface area (Å²) in [4.78, 5) is 32.4. The molecule has 1 fully saturated rings. The zero-order valence-electron chi connectivity index (χ0n) is 14.8. The molecular formula is C19H23N5O2. The topological polar surface area (TPSA) is 106 Å². The summed E-state index contributed by atoms with van der Waals surface area (Å²) in [7, 11) is 2.09. The Balaban J connectivity index is 1.71. The lowest BCUT2D eigenvalue weighted by Gasteiger charge is -2.31. The summed E-state index contributed by atoms with van der Waals surface area (Å²) in [5.74, 6) is -0.398. The predicted octanol–water partition coefficient (Wildman–Crippen LogP) is 0.860. The molecule has 1 saturated heterocycles. The van der Waals surface area contributed by atoms with E-state index >= 15 is 0 Å². The largest absolute Gasteiger partial charge is 0.383 e. The molecule has 2 aromatic rings. The summed E-state index contributed by atoms with van der Waals surface area (Å²) in [6, 6.07) is 8.90. The number of pyridine rings is 1. The average Bonchev–Trinajstić information content (AvgIpc) is 2.64. The number of amides is 1. The normalized spacial score (nSPS) is 15.7. The molecule has 0 radical (unpaired) electrons. The Morgan fingerprint density at radius 1 is 1.08 bits per heavy atom. The van der Waals surface area contributed by atoms with Gasteiger partial charge in [0.2, 0.25) is 0 Å². The van der Waals surface area contributed by atoms with Crippen molar-refractivity contribution in [2.24, 2.45) is 5.73 Å². The minimum absolute atomic E-state index is 0.106. The van der Waals surface area contributed by atoms with Crippen molar-refractivity contribution in [3.05, 3.63) is 47.7 Å². The number of likely N-dealkylation sites (N-methyl/N-ethyl adjacent to an activating group) is 1. The molecule has 7 heteroatoms. The van der Waals surface area contributed by atoms with Crippen LogP contribution < -0.4 is 11.5 Å². The first kappa shape index (κ1) is 18.0. The Hall–Kier alpha value is -2.77. The molecule has 1 amide bonds. The van der Waals surface area contributed by atoms with Crippen molar-refractivity contribution < 1.29 is 9.59 Å². The fourth-order valence-electron chi connectivity index (χ4n) is 2.98. The van der Waals surface area contributed by atoms with Crippen LogP contribution in [0.15, 0.2) is 36.5 Å². The number of nitrogen functional groups attached to an aromatic ring is 1. The molecule has 26 heavy (non-hydrogen) atoms. The summed E-state index contributed by atoms with van der Waals surface area (Å²) in [5.41, 5.74) is 13.4. The molecule has 0 atom stereocenters. The first-order chi connectivity index (χ1) is 12.4. The second-order valence-electron chi connectivity index (χ2n) is 6.60. The number of hydrogen-bond donors (Lipinski definition) is 2. The predicted molar refractivity (Wildman–Crippen MR) is 101 cm³/mol. The lowest BCUT2D eigenvalue weighted by atomic mass is 10.0. The molecule has 0 spiro atoms. The Morgan fingerprint density at radius 3 is 2.35 bits per heavy atom. The second kappa shape index (κ2) is 7.63. The van der Waals surface area contributed by atoms with Gasteiger partial charge in [-0.25, -0.2) is 4.98 Å². The summed E-state index contributed by atoms with van der Waals surface area (Å²) in [6.45, 7) is 4.22. The second-order valence-corrected chi connectivity index (χ2v) is 6.60. The highest BCUT2D eigenvalue weighted by Gasteiger charge is 2.17. The van der Waals surface area contributed by atoms with Crippen molar-refractivity contribution in [1.29, 1.82) is 0 Å². The Kier molecular flexibility index (Phi) is 5.29. The lowest BCUT2D eigenvalue weighted by molar-refractivity contribution is 0.0876. The SMILES string of the molecule is CN1CCN(CC(=O)c2ccc(-c3cnc(N)c(C(N)=O)c3)cc2)CC1. The van der Waals surface area contributed by atoms with Gasteiger partial charge >= 0.3 is 0 Å². The third kappa shape index (κ3) is 4.07. The maximum Gasteiger partial charge on any atom is 0.252 e. The van der Waals surface area contributed by atoms with E-state index in [1.165, 1.54) is 0 Å². The van der Waals surface area contributed by atoms with Crippen LogP contribution in [0.1, 0.15) is 20.7 Å². The van der Waals surface area contributed by atoms with Crippen molar-refractivity contribution in [1.82, 2.24) is 14.8 Å². The van der Waals surface area contributed by atoms with Gasteiger partial charge < -0.3 is 16.4 Å². The van der Waals surface area contributed by atoms with Gasteiger partial charge in [-0.1, -0.05) is 24.3 Å². The van der Waals surface area contributed by atoms with Gasteiger partial charge in [0.15, 0.2) is 5.78 Å². The molecule has 1 aromatic heterocycles. The molecular weight excluding hydrogens is 330 g/mol. The number of piperazine rings is 1. The highest BCUT2D eigenvalue weighted by Crippen LogP contribution is 2.22. The number of hydrogen-bond acceptors (Lipinski definition) is 6. The number of aromatic nitrogens is 1. The lowest BCUT2D eigenvalue weighted by Crippen LogP contribution is -2.46. The fraction of sp³-hybridized carbons (Fsp3) is 0.316. The van der Waals surface area contributed by atoms with Gasteiger partial charge in [-0.2, -0.15) is 0 Å². The average molecular weight is 353 g/mol. The highest BCUT2D eigenvalue weighted by atomic mass is 16.1. The van der Waals surface area contributed by atoms with Crippen molar-refractivity contribution in [2.45, 2.75) is 0 Å². The molecule has 1 aromatic carbocycles. The monoisotopic (exact) mass is 353 g/mol. The summed E-state index contributed by atoms with van der Waals surface area (Å²) < 4.78 is 0. The molecule has 0 saturated carbocycles. The van der Waals surface area contributed by atoms with Crippen molar-refractivity contribution in [2.75, 3.05) is 45.5 Å². The number of carbonyl (C=O) groups excluding carboxylic acids is 2. The van der Waals surface area contributed by atoms with Crippen molar-refractivity contribution >= 4 is 17.5 Å². The van der Waals surface area contributed by atoms with Gasteiger partial charge in [0.05, 0.1) is 12.1 Å². The van der Waals surface area contributed by atoms with E-state index in [9.17, 15) is 9.59 Å². The van der Waals surface area contributed by atoms with Gasteiger partial charge in [0.1, 0.15) is 5.82 Å². The van der Waals surface area contributed by atoms with Crippen LogP contribution in [0.5, 0.6) is 0 Å². The number of primary amides is 1. The fourth-order valence-corrected chi connectivity index (χ4v) is 2.98. The van der Waals surface area contributed by atoms with Crippen LogP contribution in [-0.4, -0.2) is 66.2 Å². The van der Waals surface area contributed by atoms with Gasteiger partial charge in [-0.15, -0.1) is 0 Å². The number of nitrogens with zero attached hydrogens (tertiary/aromatic N) is 3. The molecule has 2 heterocycles. The zero-order valence-corrected chi connectivity index (χ0v) is 14.8. The molecule has 0 unspecified atom stereocenters.